The Morgan fingerprint density at radius 3 is 1.13 bits per heavy atom. The van der Waals surface area contributed by atoms with E-state index >= 15 is 0 Å². The third-order valence-electron chi connectivity index (χ3n) is 0.577. The van der Waals surface area contributed by atoms with Gasteiger partial charge in [0.05, 0.1) is 13.5 Å². The van der Waals surface area contributed by atoms with Gasteiger partial charge in [0.2, 0.25) is 0 Å². The van der Waals surface area contributed by atoms with Gasteiger partial charge in [0.25, 0.3) is 0 Å². The molecule has 0 aromatic carbocycles. The summed E-state index contributed by atoms with van der Waals surface area (Å²) in [6, 6.07) is 0. The van der Waals surface area contributed by atoms with Gasteiger partial charge < -0.3 is 61.3 Å². The fourth-order valence-corrected chi connectivity index (χ4v) is 0.306. The third-order valence-corrected chi connectivity index (χ3v) is 0.577. The van der Waals surface area contributed by atoms with E-state index in [0.29, 0.717) is 0 Å². The molecule has 0 rings (SSSR count). The van der Waals surface area contributed by atoms with Crippen molar-refractivity contribution in [2.45, 2.75) is 52.1 Å². The van der Waals surface area contributed by atoms with Gasteiger partial charge in [0, 0.05) is 22.8 Å². The fourth-order valence-electron chi connectivity index (χ4n) is 0.306. The van der Waals surface area contributed by atoms with Crippen molar-refractivity contribution < 1.29 is 54.4 Å². The van der Waals surface area contributed by atoms with Crippen molar-refractivity contribution in [1.82, 2.24) is 0 Å². The minimum Gasteiger partial charge on any atom is -1.00 e. The first-order valence-electron chi connectivity index (χ1n) is 6.28. The predicted octanol–water partition coefficient (Wildman–Crippen LogP) is -7.90. The van der Waals surface area contributed by atoms with Crippen LogP contribution in [0, 0.1) is 26.9 Å². The number of ether oxygens (including phenoxy) is 1. The summed E-state index contributed by atoms with van der Waals surface area (Å²) >= 11 is 0. The van der Waals surface area contributed by atoms with Gasteiger partial charge in [0.15, 0.2) is 0 Å². The molecule has 0 aliphatic rings. The van der Waals surface area contributed by atoms with Gasteiger partial charge >= 0.3 is 47.8 Å². The Kier molecular flexibility index (Phi) is 88.1. The minimum atomic E-state index is -0.861. The van der Waals surface area contributed by atoms with Crippen molar-refractivity contribution in [3.63, 3.8) is 0 Å². The van der Waals surface area contributed by atoms with E-state index < -0.39 is 16.1 Å². The normalized spacial score (nSPS) is 8.04. The zero-order valence-corrected chi connectivity index (χ0v) is 26.3. The fraction of sp³-hybridized carbons (Fsp3) is 0.714. The first kappa shape index (κ1) is 56.2. The second-order valence-corrected chi connectivity index (χ2v) is 16.7. The molecule has 0 N–H and O–H groups in total. The molecule has 0 aliphatic heterocycles. The van der Waals surface area contributed by atoms with Crippen LogP contribution >= 0.6 is 0 Å². The van der Waals surface area contributed by atoms with Crippen LogP contribution in [-0.2, 0) is 4.74 Å². The van der Waals surface area contributed by atoms with Crippen LogP contribution in [0.1, 0.15) is 12.8 Å². The Hall–Kier alpha value is 3.02. The molecule has 0 amide bonds. The van der Waals surface area contributed by atoms with E-state index in [9.17, 15) is 0 Å². The topological polar surface area (TPSA) is 9.23 Å². The van der Waals surface area contributed by atoms with E-state index in [2.05, 4.69) is 66.2 Å². The summed E-state index contributed by atoms with van der Waals surface area (Å²) in [7, 11) is -1.72. The van der Waals surface area contributed by atoms with Crippen LogP contribution in [0.15, 0.2) is 0 Å². The predicted molar refractivity (Wildman–Crippen MR) is 99.7 cm³/mol. The van der Waals surface area contributed by atoms with Crippen LogP contribution in [-0.4, -0.2) is 77.2 Å². The maximum Gasteiger partial charge on any atom is 2.00 e. The van der Waals surface area contributed by atoms with E-state index in [1.165, 1.54) is 0 Å². The van der Waals surface area contributed by atoms with Gasteiger partial charge in [-0.3, -0.25) is 0 Å². The maximum absolute atomic E-state index is 5.01. The molecule has 0 aromatic rings. The summed E-state index contributed by atoms with van der Waals surface area (Å²) in [5.74, 6) is 0. The SMILES string of the molecule is [CH2+]CCOCC[CH2-].[CH2][Si](C)(C)C.[CH2][Si](C)(C)C.[Cl-].[Cl-].[Cl-].[Cl-].[Sn+2].[Sn+2]. The molecule has 0 saturated heterocycles. The van der Waals surface area contributed by atoms with Crippen LogP contribution < -0.4 is 49.6 Å². The molecule has 0 unspecified atom stereocenters. The molecule has 9 heteroatoms. The molecule has 0 saturated carbocycles. The van der Waals surface area contributed by atoms with Gasteiger partial charge in [-0.05, 0) is 0 Å². The molecular formula is C14H34Cl4OSi2Sn2. The Balaban J connectivity index is -0.0000000164. The van der Waals surface area contributed by atoms with E-state index in [4.69, 9.17) is 4.74 Å². The average molecular weight is 654 g/mol. The number of halogens is 4. The molecule has 23 heavy (non-hydrogen) atoms. The van der Waals surface area contributed by atoms with Crippen molar-refractivity contribution in [1.29, 1.82) is 0 Å². The van der Waals surface area contributed by atoms with Crippen molar-refractivity contribution in [3.05, 3.63) is 26.9 Å². The first-order valence-corrected chi connectivity index (χ1v) is 13.7. The average Bonchev–Trinajstić information content (AvgIpc) is 1.99. The van der Waals surface area contributed by atoms with E-state index in [-0.39, 0.29) is 97.4 Å². The van der Waals surface area contributed by atoms with Crippen molar-refractivity contribution >= 4 is 64.0 Å². The molecule has 0 aromatic heterocycles. The maximum atomic E-state index is 5.01. The summed E-state index contributed by atoms with van der Waals surface area (Å²) in [5, 5.41) is 0. The largest absolute Gasteiger partial charge is 2.00 e. The Bertz CT molecular complexity index is 131. The van der Waals surface area contributed by atoms with Crippen molar-refractivity contribution in [2.24, 2.45) is 0 Å². The number of hydrogen-bond acceptors (Lipinski definition) is 1. The smallest absolute Gasteiger partial charge is 1.00 e. The van der Waals surface area contributed by atoms with E-state index in [1.807, 2.05) is 0 Å². The Labute approximate surface area is 208 Å². The zero-order valence-electron chi connectivity index (χ0n) is 15.6. The molecule has 1 nitrogen and oxygen atoms in total. The Morgan fingerprint density at radius 2 is 1.00 bits per heavy atom. The van der Waals surface area contributed by atoms with Crippen molar-refractivity contribution in [3.8, 4) is 0 Å². The molecule has 0 bridgehead atoms. The monoisotopic (exact) mass is 654 g/mol. The van der Waals surface area contributed by atoms with Crippen LogP contribution in [0.4, 0.5) is 0 Å². The van der Waals surface area contributed by atoms with Crippen LogP contribution in [0.25, 0.3) is 0 Å². The summed E-state index contributed by atoms with van der Waals surface area (Å²) in [5.41, 5.74) is 0. The number of hydrogen-bond donors (Lipinski definition) is 0. The molecule has 0 heterocycles. The van der Waals surface area contributed by atoms with E-state index in [0.717, 1.165) is 26.1 Å². The van der Waals surface area contributed by atoms with Gasteiger partial charge in [-0.15, -0.1) is 0 Å². The molecule has 0 spiro atoms. The molecule has 0 aliphatic carbocycles. The van der Waals surface area contributed by atoms with Gasteiger partial charge in [0.1, 0.15) is 6.42 Å². The third kappa shape index (κ3) is 269. The zero-order chi connectivity index (χ0) is 14.5. The van der Waals surface area contributed by atoms with Crippen molar-refractivity contribution in [2.75, 3.05) is 13.2 Å². The summed E-state index contributed by atoms with van der Waals surface area (Å²) in [4.78, 5) is 0. The number of rotatable bonds is 4. The van der Waals surface area contributed by atoms with E-state index in [1.54, 1.807) is 0 Å². The minimum absolute atomic E-state index is 0. The van der Waals surface area contributed by atoms with Crippen LogP contribution in [0.5, 0.6) is 0 Å². The molecule has 140 valence electrons. The Morgan fingerprint density at radius 1 is 0.783 bits per heavy atom. The summed E-state index contributed by atoms with van der Waals surface area (Å²) < 4.78 is 5.01. The standard InChI is InChI=1S/C6H12O.2C4H11Si.4ClH.2Sn/c1-3-5-7-6-4-2;2*1-5(2,3)4;;;;;;/h1-6H2;2*1H2,2-4H3;4*1H;;/q;;;;;;;2*+2/p-4. The molecule has 6 radical (unpaired) electrons. The molecular weight excluding hydrogens is 620 g/mol. The molecule has 0 atom stereocenters. The summed E-state index contributed by atoms with van der Waals surface area (Å²) in [6.45, 7) is 29.9. The molecule has 0 fully saturated rings. The van der Waals surface area contributed by atoms with Gasteiger partial charge in [-0.25, -0.2) is 0 Å². The van der Waals surface area contributed by atoms with Crippen LogP contribution in [0.2, 0.25) is 39.3 Å². The first-order chi connectivity index (χ1) is 7.41. The van der Waals surface area contributed by atoms with Crippen LogP contribution in [0.3, 0.4) is 0 Å². The second-order valence-electron chi connectivity index (χ2n) is 6.44. The van der Waals surface area contributed by atoms with Gasteiger partial charge in [-0.2, -0.15) is 6.42 Å². The van der Waals surface area contributed by atoms with Gasteiger partial charge in [-0.1, -0.05) is 52.4 Å². The second kappa shape index (κ2) is 36.0. The summed E-state index contributed by atoms with van der Waals surface area (Å²) in [6.07, 6.45) is 1.72. The quantitative estimate of drug-likeness (QED) is 0.167.